The predicted octanol–water partition coefficient (Wildman–Crippen LogP) is 8.23. The van der Waals surface area contributed by atoms with Gasteiger partial charge in [-0.05, 0) is 94.1 Å². The van der Waals surface area contributed by atoms with Crippen molar-refractivity contribution in [1.82, 2.24) is 0 Å². The second kappa shape index (κ2) is 10.9. The molecule has 10 heteroatoms. The number of carbonyl (C=O) groups is 1. The summed E-state index contributed by atoms with van der Waals surface area (Å²) in [5, 5.41) is 0. The SMILES string of the molecule is COC(=O)C1=CC=C(O[Si](C)(C)C)C23C(O[Si](C)(C)C)C12[C@@H](O[Si](C(C)C)(C(C)C)C(C)C)C[C@@H]3O[Si](C)(C)C. The van der Waals surface area contributed by atoms with Crippen molar-refractivity contribution in [2.45, 2.75) is 142 Å². The second-order valence-electron chi connectivity index (χ2n) is 16.0. The lowest BCUT2D eigenvalue weighted by atomic mass is 9.81. The molecule has 2 saturated carbocycles. The summed E-state index contributed by atoms with van der Waals surface area (Å²) >= 11 is 0. The Morgan fingerprint density at radius 2 is 1.20 bits per heavy atom. The molecule has 6 nitrogen and oxygen atoms in total. The molecule has 3 unspecified atom stereocenters. The van der Waals surface area contributed by atoms with Gasteiger partial charge >= 0.3 is 5.97 Å². The van der Waals surface area contributed by atoms with E-state index < -0.39 is 44.1 Å². The molecule has 0 aromatic carbocycles. The summed E-state index contributed by atoms with van der Waals surface area (Å²) in [6, 6.07) is 0. The Balaban J connectivity index is 2.38. The summed E-state index contributed by atoms with van der Waals surface area (Å²) in [7, 11) is -6.94. The molecule has 0 amide bonds. The zero-order valence-corrected chi connectivity index (χ0v) is 32.3. The van der Waals surface area contributed by atoms with E-state index in [9.17, 15) is 4.79 Å². The number of hydrogen-bond acceptors (Lipinski definition) is 6. The fraction of sp³-hybridized carbons (Fsp3) is 0.833. The summed E-state index contributed by atoms with van der Waals surface area (Å²) in [6.45, 7) is 34.0. The minimum absolute atomic E-state index is 0.167. The average molecular weight is 627 g/mol. The molecule has 0 bridgehead atoms. The molecular weight excluding hydrogens is 569 g/mol. The molecule has 5 atom stereocenters. The maximum Gasteiger partial charge on any atom is 0.334 e. The smallest absolute Gasteiger partial charge is 0.334 e. The van der Waals surface area contributed by atoms with Crippen molar-refractivity contribution in [3.8, 4) is 0 Å². The minimum Gasteiger partial charge on any atom is -0.547 e. The van der Waals surface area contributed by atoms with Crippen LogP contribution >= 0.6 is 0 Å². The van der Waals surface area contributed by atoms with Crippen LogP contribution in [0.4, 0.5) is 0 Å². The van der Waals surface area contributed by atoms with Gasteiger partial charge in [0.05, 0.1) is 42.0 Å². The summed E-state index contributed by atoms with van der Waals surface area (Å²) < 4.78 is 34.3. The molecule has 0 spiro atoms. The first-order valence-corrected chi connectivity index (χ1v) is 27.6. The maximum absolute atomic E-state index is 13.7. The van der Waals surface area contributed by atoms with Crippen LogP contribution in [0.5, 0.6) is 0 Å². The lowest BCUT2D eigenvalue weighted by molar-refractivity contribution is -0.137. The van der Waals surface area contributed by atoms with Crippen molar-refractivity contribution >= 4 is 39.2 Å². The fourth-order valence-corrected chi connectivity index (χ4v) is 16.8. The van der Waals surface area contributed by atoms with E-state index in [1.807, 2.05) is 12.2 Å². The van der Waals surface area contributed by atoms with Crippen molar-refractivity contribution in [3.63, 3.8) is 0 Å². The Morgan fingerprint density at radius 1 is 0.725 bits per heavy atom. The van der Waals surface area contributed by atoms with E-state index in [-0.39, 0.29) is 24.3 Å². The molecule has 0 heterocycles. The number of carbonyl (C=O) groups excluding carboxylic acids is 1. The largest absolute Gasteiger partial charge is 0.547 e. The number of allylic oxidation sites excluding steroid dienone is 2. The van der Waals surface area contributed by atoms with E-state index in [4.69, 9.17) is 22.4 Å². The number of methoxy groups -OCH3 is 1. The van der Waals surface area contributed by atoms with Gasteiger partial charge in [0.25, 0.3) is 0 Å². The molecular formula is C30H58O6Si4. The van der Waals surface area contributed by atoms with Gasteiger partial charge in [0.1, 0.15) is 0 Å². The lowest BCUT2D eigenvalue weighted by Gasteiger charge is -2.46. The first-order valence-electron chi connectivity index (χ1n) is 15.3. The van der Waals surface area contributed by atoms with Crippen LogP contribution in [-0.2, 0) is 27.2 Å². The molecule has 0 radical (unpaired) electrons. The van der Waals surface area contributed by atoms with Gasteiger partial charge in [-0.15, -0.1) is 0 Å². The molecule has 0 saturated heterocycles. The van der Waals surface area contributed by atoms with Crippen LogP contribution in [0.25, 0.3) is 0 Å². The summed E-state index contributed by atoms with van der Waals surface area (Å²) in [5.74, 6) is 0.616. The van der Waals surface area contributed by atoms with Gasteiger partial charge in [-0.25, -0.2) is 4.79 Å². The van der Waals surface area contributed by atoms with Crippen LogP contribution in [0.2, 0.25) is 75.5 Å². The number of esters is 1. The normalized spacial score (nSPS) is 30.7. The van der Waals surface area contributed by atoms with E-state index in [0.29, 0.717) is 22.2 Å². The standard InChI is InChI=1S/C30H58O6Si4/c1-20(2)40(21(3)4,22(5)6)35-25-19-26(34-38(11,12)13)30-24(33-37(8,9)10)18-17-23(27(31)32-7)29(25,30)28(30)36-39(14,15)16/h17-18,20-22,25-26,28H,19H2,1-16H3/t25-,26-,28?,29?,30?/m0/s1. The third-order valence-electron chi connectivity index (χ3n) is 8.97. The van der Waals surface area contributed by atoms with Crippen molar-refractivity contribution in [2.75, 3.05) is 7.11 Å². The van der Waals surface area contributed by atoms with Crippen molar-refractivity contribution in [2.24, 2.45) is 10.8 Å². The summed E-state index contributed by atoms with van der Waals surface area (Å²) in [4.78, 5) is 13.7. The van der Waals surface area contributed by atoms with Gasteiger partial charge in [0.15, 0.2) is 16.6 Å². The molecule has 0 aromatic heterocycles. The third-order valence-corrected chi connectivity index (χ3v) is 17.8. The van der Waals surface area contributed by atoms with E-state index in [2.05, 4.69) is 100 Å². The Kier molecular flexibility index (Phi) is 9.26. The Bertz CT molecular complexity index is 1010. The van der Waals surface area contributed by atoms with E-state index >= 15 is 0 Å². The first-order chi connectivity index (χ1) is 18.0. The minimum atomic E-state index is -2.33. The average Bonchev–Trinajstić information content (AvgIpc) is 3.24. The molecule has 0 aromatic rings. The van der Waals surface area contributed by atoms with Gasteiger partial charge < -0.3 is 22.4 Å². The molecule has 3 aliphatic rings. The van der Waals surface area contributed by atoms with Gasteiger partial charge in [0.2, 0.25) is 16.6 Å². The van der Waals surface area contributed by atoms with Crippen LogP contribution in [0.15, 0.2) is 23.5 Å². The van der Waals surface area contributed by atoms with Crippen molar-refractivity contribution in [1.29, 1.82) is 0 Å². The van der Waals surface area contributed by atoms with Gasteiger partial charge in [0, 0.05) is 5.57 Å². The molecule has 230 valence electrons. The molecule has 40 heavy (non-hydrogen) atoms. The van der Waals surface area contributed by atoms with Crippen molar-refractivity contribution in [3.05, 3.63) is 23.5 Å². The zero-order chi connectivity index (χ0) is 30.9. The third kappa shape index (κ3) is 5.48. The molecule has 0 aliphatic heterocycles. The lowest BCUT2D eigenvalue weighted by Crippen LogP contribution is -2.53. The van der Waals surface area contributed by atoms with Gasteiger partial charge in [-0.2, -0.15) is 0 Å². The Morgan fingerprint density at radius 3 is 1.60 bits per heavy atom. The summed E-state index contributed by atoms with van der Waals surface area (Å²) in [5.41, 5.74) is 0.577. The number of ether oxygens (including phenoxy) is 1. The molecule has 2 fully saturated rings. The number of rotatable bonds is 12. The zero-order valence-electron chi connectivity index (χ0n) is 28.3. The fourth-order valence-electron chi connectivity index (χ4n) is 8.08. The molecule has 0 N–H and O–H groups in total. The molecule has 3 rings (SSSR count). The quantitative estimate of drug-likeness (QED) is 0.161. The van der Waals surface area contributed by atoms with E-state index in [1.165, 1.54) is 7.11 Å². The van der Waals surface area contributed by atoms with Crippen LogP contribution in [0, 0.1) is 10.8 Å². The topological polar surface area (TPSA) is 63.2 Å². The van der Waals surface area contributed by atoms with Gasteiger partial charge in [-0.3, -0.25) is 0 Å². The highest BCUT2D eigenvalue weighted by Gasteiger charge is 2.92. The van der Waals surface area contributed by atoms with Crippen molar-refractivity contribution < 1.29 is 27.2 Å². The highest BCUT2D eigenvalue weighted by atomic mass is 28.4. The van der Waals surface area contributed by atoms with Crippen LogP contribution in [0.3, 0.4) is 0 Å². The second-order valence-corrected chi connectivity index (χ2v) is 34.8. The van der Waals surface area contributed by atoms with Crippen LogP contribution < -0.4 is 0 Å². The number of hydrogen-bond donors (Lipinski definition) is 0. The highest BCUT2D eigenvalue weighted by molar-refractivity contribution is 6.77. The van der Waals surface area contributed by atoms with Crippen LogP contribution in [0.1, 0.15) is 48.0 Å². The predicted molar refractivity (Wildman–Crippen MR) is 174 cm³/mol. The maximum atomic E-state index is 13.7. The summed E-state index contributed by atoms with van der Waals surface area (Å²) in [6.07, 6.45) is 4.03. The monoisotopic (exact) mass is 626 g/mol. The van der Waals surface area contributed by atoms with Gasteiger partial charge in [-0.1, -0.05) is 41.5 Å². The van der Waals surface area contributed by atoms with E-state index in [0.717, 1.165) is 12.2 Å². The molecule has 3 aliphatic carbocycles. The Labute approximate surface area is 249 Å². The Hall–Kier alpha value is -0.502. The van der Waals surface area contributed by atoms with E-state index in [1.54, 1.807) is 0 Å². The highest BCUT2D eigenvalue weighted by Crippen LogP contribution is 2.83. The first kappa shape index (κ1) is 34.0. The van der Waals surface area contributed by atoms with Crippen LogP contribution in [-0.4, -0.2) is 64.7 Å².